The van der Waals surface area contributed by atoms with Gasteiger partial charge >= 0.3 is 5.91 Å². The van der Waals surface area contributed by atoms with E-state index in [9.17, 15) is 9.59 Å². The lowest BCUT2D eigenvalue weighted by Crippen LogP contribution is -2.43. The summed E-state index contributed by atoms with van der Waals surface area (Å²) in [4.78, 5) is 30.1. The molecule has 1 amide bonds. The third-order valence-electron chi connectivity index (χ3n) is 5.48. The summed E-state index contributed by atoms with van der Waals surface area (Å²) in [5.74, 6) is -0.165. The van der Waals surface area contributed by atoms with Gasteiger partial charge in [0.25, 0.3) is 0 Å². The Kier molecular flexibility index (Phi) is 5.43. The molecule has 5 rings (SSSR count). The SMILES string of the molecule is C[C@H]1C=C(c2ccccc2Cl)C2=C(C1=O)N(NC(=O)c1n[nH]c(Cc3ccccc3)n1)CO2. The Morgan fingerprint density at radius 3 is 2.76 bits per heavy atom. The second-order valence-electron chi connectivity index (χ2n) is 7.80. The molecule has 2 aromatic carbocycles. The molecule has 9 heteroatoms. The first-order valence-corrected chi connectivity index (χ1v) is 10.8. The molecular formula is C24H20ClN5O3. The monoisotopic (exact) mass is 461 g/mol. The Labute approximate surface area is 194 Å². The minimum Gasteiger partial charge on any atom is -0.468 e. The molecule has 0 bridgehead atoms. The Bertz CT molecular complexity index is 1300. The minimum absolute atomic E-state index is 0.0159. The highest BCUT2D eigenvalue weighted by Gasteiger charge is 2.39. The summed E-state index contributed by atoms with van der Waals surface area (Å²) in [6.45, 7) is 1.78. The molecule has 1 atom stereocenters. The fourth-order valence-electron chi connectivity index (χ4n) is 3.87. The predicted octanol–water partition coefficient (Wildman–Crippen LogP) is 3.50. The highest BCUT2D eigenvalue weighted by atomic mass is 35.5. The van der Waals surface area contributed by atoms with Crippen LogP contribution in [0.1, 0.15) is 34.5 Å². The van der Waals surface area contributed by atoms with Crippen molar-refractivity contribution in [2.75, 3.05) is 6.73 Å². The van der Waals surface area contributed by atoms with Gasteiger partial charge in [0.2, 0.25) is 5.82 Å². The summed E-state index contributed by atoms with van der Waals surface area (Å²) in [5.41, 5.74) is 5.51. The number of allylic oxidation sites excluding steroid dienone is 3. The van der Waals surface area contributed by atoms with E-state index in [2.05, 4.69) is 20.6 Å². The van der Waals surface area contributed by atoms with Crippen molar-refractivity contribution < 1.29 is 14.3 Å². The van der Waals surface area contributed by atoms with Crippen LogP contribution in [0.15, 0.2) is 72.1 Å². The molecule has 8 nitrogen and oxygen atoms in total. The van der Waals surface area contributed by atoms with E-state index in [1.807, 2.05) is 54.6 Å². The van der Waals surface area contributed by atoms with Gasteiger partial charge in [-0.3, -0.25) is 20.1 Å². The number of H-pyrrole nitrogens is 1. The molecular weight excluding hydrogens is 442 g/mol. The highest BCUT2D eigenvalue weighted by Crippen LogP contribution is 2.40. The van der Waals surface area contributed by atoms with E-state index < -0.39 is 11.8 Å². The standard InChI is InChI=1S/C24H20ClN5O3/c1-14-11-17(16-9-5-6-10-18(16)25)22-20(21(14)31)30(13-33-22)29-24(32)23-26-19(27-28-23)12-15-7-3-2-4-8-15/h2-11,14H,12-13H2,1H3,(H,29,32)(H,26,27,28)/t14-/m0/s1. The zero-order valence-corrected chi connectivity index (χ0v) is 18.5. The Hall–Kier alpha value is -3.91. The summed E-state index contributed by atoms with van der Waals surface area (Å²) in [5, 5.41) is 8.76. The van der Waals surface area contributed by atoms with Crippen molar-refractivity contribution in [3.05, 3.63) is 99.9 Å². The number of carbonyl (C=O) groups is 2. The average Bonchev–Trinajstić information content (AvgIpc) is 3.45. The molecule has 1 aliphatic carbocycles. The van der Waals surface area contributed by atoms with Crippen molar-refractivity contribution in [2.24, 2.45) is 5.92 Å². The predicted molar refractivity (Wildman–Crippen MR) is 122 cm³/mol. The molecule has 33 heavy (non-hydrogen) atoms. The number of aromatic amines is 1. The zero-order valence-electron chi connectivity index (χ0n) is 17.7. The first kappa shape index (κ1) is 21.0. The molecule has 0 fully saturated rings. The van der Waals surface area contributed by atoms with E-state index in [1.165, 1.54) is 5.01 Å². The van der Waals surface area contributed by atoms with Gasteiger partial charge in [-0.05, 0) is 11.6 Å². The number of hydrogen-bond donors (Lipinski definition) is 2. The van der Waals surface area contributed by atoms with Gasteiger partial charge in [-0.15, -0.1) is 5.10 Å². The maximum atomic E-state index is 13.0. The molecule has 0 radical (unpaired) electrons. The zero-order chi connectivity index (χ0) is 22.9. The van der Waals surface area contributed by atoms with Crippen LogP contribution in [-0.2, 0) is 16.0 Å². The molecule has 0 spiro atoms. The van der Waals surface area contributed by atoms with E-state index >= 15 is 0 Å². The summed E-state index contributed by atoms with van der Waals surface area (Å²) < 4.78 is 5.83. The van der Waals surface area contributed by atoms with Crippen molar-refractivity contribution in [2.45, 2.75) is 13.3 Å². The van der Waals surface area contributed by atoms with Crippen LogP contribution >= 0.6 is 11.6 Å². The van der Waals surface area contributed by atoms with Gasteiger partial charge < -0.3 is 4.74 Å². The molecule has 2 N–H and O–H groups in total. The van der Waals surface area contributed by atoms with E-state index in [-0.39, 0.29) is 24.0 Å². The first-order valence-electron chi connectivity index (χ1n) is 10.4. The number of nitrogens with zero attached hydrogens (tertiary/aromatic N) is 3. The Morgan fingerprint density at radius 1 is 1.21 bits per heavy atom. The quantitative estimate of drug-likeness (QED) is 0.603. The first-order chi connectivity index (χ1) is 16.0. The van der Waals surface area contributed by atoms with E-state index in [0.717, 1.165) is 16.7 Å². The topological polar surface area (TPSA) is 100 Å². The lowest BCUT2D eigenvalue weighted by Gasteiger charge is -2.23. The van der Waals surface area contributed by atoms with E-state index in [1.54, 1.807) is 13.0 Å². The number of halogens is 1. The number of carbonyl (C=O) groups excluding carboxylic acids is 2. The molecule has 0 unspecified atom stereocenters. The average molecular weight is 462 g/mol. The van der Waals surface area contributed by atoms with Crippen molar-refractivity contribution in [3.63, 3.8) is 0 Å². The van der Waals surface area contributed by atoms with E-state index in [0.29, 0.717) is 23.0 Å². The van der Waals surface area contributed by atoms with Gasteiger partial charge in [0, 0.05) is 28.5 Å². The van der Waals surface area contributed by atoms with Crippen LogP contribution in [0.3, 0.4) is 0 Å². The fourth-order valence-corrected chi connectivity index (χ4v) is 4.11. The molecule has 2 aliphatic rings. The number of benzene rings is 2. The van der Waals surface area contributed by atoms with Gasteiger partial charge in [-0.2, -0.15) is 0 Å². The lowest BCUT2D eigenvalue weighted by atomic mass is 9.89. The smallest absolute Gasteiger partial charge is 0.309 e. The number of amides is 1. The molecule has 2 heterocycles. The third kappa shape index (κ3) is 4.01. The molecule has 166 valence electrons. The van der Waals surface area contributed by atoms with Crippen LogP contribution in [0.5, 0.6) is 0 Å². The normalized spacial score (nSPS) is 17.5. The number of nitrogens with one attached hydrogen (secondary N) is 2. The largest absolute Gasteiger partial charge is 0.468 e. The third-order valence-corrected chi connectivity index (χ3v) is 5.81. The number of rotatable bonds is 5. The van der Waals surface area contributed by atoms with Crippen LogP contribution < -0.4 is 5.43 Å². The molecule has 3 aromatic rings. The van der Waals surface area contributed by atoms with Crippen molar-refractivity contribution in [1.82, 2.24) is 25.6 Å². The number of hydrazine groups is 1. The van der Waals surface area contributed by atoms with Crippen LogP contribution in [0, 0.1) is 5.92 Å². The number of hydrogen-bond acceptors (Lipinski definition) is 6. The van der Waals surface area contributed by atoms with Crippen LogP contribution in [0.2, 0.25) is 5.02 Å². The van der Waals surface area contributed by atoms with Gasteiger partial charge in [-0.25, -0.2) is 9.99 Å². The van der Waals surface area contributed by atoms with Crippen LogP contribution in [-0.4, -0.2) is 38.6 Å². The van der Waals surface area contributed by atoms with Crippen molar-refractivity contribution in [3.8, 4) is 0 Å². The van der Waals surface area contributed by atoms with E-state index in [4.69, 9.17) is 16.3 Å². The van der Waals surface area contributed by atoms with Gasteiger partial charge in [-0.1, -0.05) is 73.1 Å². The maximum absolute atomic E-state index is 13.0. The number of ketones is 1. The molecule has 1 aromatic heterocycles. The molecule has 1 aliphatic heterocycles. The summed E-state index contributed by atoms with van der Waals surface area (Å²) in [6, 6.07) is 17.1. The lowest BCUT2D eigenvalue weighted by molar-refractivity contribution is -0.119. The summed E-state index contributed by atoms with van der Waals surface area (Å²) in [6.07, 6.45) is 2.35. The van der Waals surface area contributed by atoms with Crippen molar-refractivity contribution >= 4 is 28.9 Å². The number of ether oxygens (including phenoxy) is 1. The van der Waals surface area contributed by atoms with Gasteiger partial charge in [0.1, 0.15) is 11.5 Å². The fraction of sp³-hybridized carbons (Fsp3) is 0.167. The van der Waals surface area contributed by atoms with Crippen LogP contribution in [0.25, 0.3) is 5.57 Å². The summed E-state index contributed by atoms with van der Waals surface area (Å²) in [7, 11) is 0. The molecule has 0 saturated heterocycles. The molecule has 0 saturated carbocycles. The van der Waals surface area contributed by atoms with Crippen LogP contribution in [0.4, 0.5) is 0 Å². The van der Waals surface area contributed by atoms with Gasteiger partial charge in [0.15, 0.2) is 18.3 Å². The number of aromatic nitrogens is 3. The second kappa shape index (κ2) is 8.55. The Morgan fingerprint density at radius 2 is 1.97 bits per heavy atom. The maximum Gasteiger partial charge on any atom is 0.309 e. The minimum atomic E-state index is -0.544. The highest BCUT2D eigenvalue weighted by molar-refractivity contribution is 6.32. The van der Waals surface area contributed by atoms with Gasteiger partial charge in [0.05, 0.1) is 0 Å². The summed E-state index contributed by atoms with van der Waals surface area (Å²) >= 11 is 6.39. The van der Waals surface area contributed by atoms with Crippen molar-refractivity contribution in [1.29, 1.82) is 0 Å². The number of Topliss-reactive ketones (excluding diaryl/α,β-unsaturated/α-hetero) is 1. The Balaban J connectivity index is 1.37. The second-order valence-corrected chi connectivity index (χ2v) is 8.21.